The molecule has 1 amide bonds. The number of carbonyl (C=O) groups is 1. The van der Waals surface area contributed by atoms with Crippen molar-refractivity contribution in [3.63, 3.8) is 0 Å². The Morgan fingerprint density at radius 1 is 1.55 bits per heavy atom. The molecule has 11 heavy (non-hydrogen) atoms. The Morgan fingerprint density at radius 3 is 2.64 bits per heavy atom. The van der Waals surface area contributed by atoms with Gasteiger partial charge in [-0.15, -0.1) is 0 Å². The summed E-state index contributed by atoms with van der Waals surface area (Å²) in [6, 6.07) is 0. The van der Waals surface area contributed by atoms with Gasteiger partial charge in [-0.2, -0.15) is 0 Å². The Kier molecular flexibility index (Phi) is 5.53. The van der Waals surface area contributed by atoms with Gasteiger partial charge in [0.1, 0.15) is 0 Å². The number of hydrogen-bond acceptors (Lipinski definition) is 1. The zero-order valence-electron chi connectivity index (χ0n) is 7.31. The summed E-state index contributed by atoms with van der Waals surface area (Å²) in [4.78, 5) is 10.6. The molecule has 0 saturated carbocycles. The van der Waals surface area contributed by atoms with Crippen LogP contribution in [0, 0.1) is 5.92 Å². The molecule has 0 unspecified atom stereocenters. The van der Waals surface area contributed by atoms with Crippen molar-refractivity contribution in [3.05, 3.63) is 18.6 Å². The second kappa shape index (κ2) is 5.96. The lowest BCUT2D eigenvalue weighted by atomic mass is 10.1. The first-order valence-corrected chi connectivity index (χ1v) is 3.86. The highest BCUT2D eigenvalue weighted by Crippen LogP contribution is 2.03. The molecule has 1 radical (unpaired) electrons. The monoisotopic (exact) mass is 154 g/mol. The second-order valence-corrected chi connectivity index (χ2v) is 2.81. The smallest absolute Gasteiger partial charge is 0.243 e. The van der Waals surface area contributed by atoms with Gasteiger partial charge in [-0.1, -0.05) is 20.4 Å². The average Bonchev–Trinajstić information content (AvgIpc) is 1.97. The third-order valence-corrected chi connectivity index (χ3v) is 1.34. The summed E-state index contributed by atoms with van der Waals surface area (Å²) in [5, 5.41) is 2.72. The van der Waals surface area contributed by atoms with Crippen molar-refractivity contribution < 1.29 is 4.79 Å². The highest BCUT2D eigenvalue weighted by Gasteiger charge is 1.95. The van der Waals surface area contributed by atoms with E-state index in [-0.39, 0.29) is 5.91 Å². The van der Waals surface area contributed by atoms with E-state index in [1.165, 1.54) is 12.0 Å². The lowest BCUT2D eigenvalue weighted by Crippen LogP contribution is -2.21. The fourth-order valence-corrected chi connectivity index (χ4v) is 0.726. The maximum atomic E-state index is 10.6. The van der Waals surface area contributed by atoms with Crippen LogP contribution in [-0.2, 0) is 4.79 Å². The van der Waals surface area contributed by atoms with Crippen molar-refractivity contribution in [2.75, 3.05) is 6.54 Å². The van der Waals surface area contributed by atoms with Gasteiger partial charge < -0.3 is 5.32 Å². The van der Waals surface area contributed by atoms with Gasteiger partial charge in [0.25, 0.3) is 0 Å². The van der Waals surface area contributed by atoms with Crippen LogP contribution in [0.15, 0.2) is 12.7 Å². The third kappa shape index (κ3) is 7.10. The normalized spacial score (nSPS) is 9.73. The summed E-state index contributed by atoms with van der Waals surface area (Å²) in [7, 11) is 0. The average molecular weight is 154 g/mol. The Balaban J connectivity index is 3.14. The van der Waals surface area contributed by atoms with Crippen molar-refractivity contribution in [1.82, 2.24) is 5.32 Å². The van der Waals surface area contributed by atoms with E-state index in [9.17, 15) is 4.79 Å². The molecule has 0 saturated heterocycles. The maximum Gasteiger partial charge on any atom is 0.243 e. The van der Waals surface area contributed by atoms with E-state index in [2.05, 4.69) is 25.7 Å². The first-order chi connectivity index (χ1) is 5.16. The quantitative estimate of drug-likeness (QED) is 0.474. The lowest BCUT2D eigenvalue weighted by molar-refractivity contribution is -0.116. The molecule has 0 aromatic heterocycles. The van der Waals surface area contributed by atoms with Crippen LogP contribution in [0.4, 0.5) is 0 Å². The van der Waals surface area contributed by atoms with Crippen molar-refractivity contribution in [1.29, 1.82) is 0 Å². The summed E-state index contributed by atoms with van der Waals surface area (Å²) in [6.45, 7) is 8.29. The largest absolute Gasteiger partial charge is 0.353 e. The fraction of sp³-hybridized carbons (Fsp3) is 0.556. The van der Waals surface area contributed by atoms with Gasteiger partial charge >= 0.3 is 0 Å². The summed E-state index contributed by atoms with van der Waals surface area (Å²) in [6.07, 6.45) is 3.39. The standard InChI is InChI=1S/C9H16NO/c1-4-9(11)10-7-5-6-8(2)3/h4H,1,5-7H2,2-3H3,(H,10,11). The summed E-state index contributed by atoms with van der Waals surface area (Å²) in [5.74, 6) is 1.32. The molecule has 63 valence electrons. The van der Waals surface area contributed by atoms with Gasteiger partial charge in [-0.25, -0.2) is 0 Å². The highest BCUT2D eigenvalue weighted by molar-refractivity contribution is 5.86. The van der Waals surface area contributed by atoms with Gasteiger partial charge in [0.15, 0.2) is 0 Å². The molecule has 2 nitrogen and oxygen atoms in total. The van der Waals surface area contributed by atoms with Crippen LogP contribution in [0.5, 0.6) is 0 Å². The van der Waals surface area contributed by atoms with Crippen molar-refractivity contribution in [2.45, 2.75) is 26.7 Å². The highest BCUT2D eigenvalue weighted by atomic mass is 16.1. The molecule has 2 heteroatoms. The van der Waals surface area contributed by atoms with Crippen molar-refractivity contribution in [2.24, 2.45) is 0 Å². The Labute approximate surface area is 68.7 Å². The van der Waals surface area contributed by atoms with Crippen LogP contribution in [0.3, 0.4) is 0 Å². The molecule has 0 aliphatic heterocycles. The minimum Gasteiger partial charge on any atom is -0.353 e. The lowest BCUT2D eigenvalue weighted by Gasteiger charge is -2.03. The Bertz CT molecular complexity index is 130. The van der Waals surface area contributed by atoms with Crippen LogP contribution in [0.25, 0.3) is 0 Å². The number of hydrogen-bond donors (Lipinski definition) is 1. The molecule has 0 aromatic carbocycles. The summed E-state index contributed by atoms with van der Waals surface area (Å²) in [5.41, 5.74) is 0. The van der Waals surface area contributed by atoms with E-state index in [0.717, 1.165) is 19.4 Å². The number of rotatable bonds is 5. The van der Waals surface area contributed by atoms with Gasteiger partial charge in [0.2, 0.25) is 5.91 Å². The van der Waals surface area contributed by atoms with Gasteiger partial charge in [0, 0.05) is 6.54 Å². The minimum absolute atomic E-state index is 0.0845. The number of nitrogens with one attached hydrogen (secondary N) is 1. The van der Waals surface area contributed by atoms with E-state index in [1.807, 2.05) is 0 Å². The minimum atomic E-state index is -0.0845. The van der Waals surface area contributed by atoms with E-state index in [4.69, 9.17) is 0 Å². The van der Waals surface area contributed by atoms with Crippen LogP contribution in [0.1, 0.15) is 26.7 Å². The van der Waals surface area contributed by atoms with Crippen LogP contribution in [-0.4, -0.2) is 12.5 Å². The molecule has 0 aromatic rings. The Morgan fingerprint density at radius 2 is 2.18 bits per heavy atom. The summed E-state index contributed by atoms with van der Waals surface area (Å²) >= 11 is 0. The molecule has 0 heterocycles. The number of carbonyl (C=O) groups excluding carboxylic acids is 1. The second-order valence-electron chi connectivity index (χ2n) is 2.81. The predicted molar refractivity (Wildman–Crippen MR) is 47.0 cm³/mol. The SMILES string of the molecule is C=CC(=O)NCCC[C](C)C. The van der Waals surface area contributed by atoms with Gasteiger partial charge in [-0.05, 0) is 24.8 Å². The first kappa shape index (κ1) is 10.2. The molecular formula is C9H16NO. The summed E-state index contributed by atoms with van der Waals surface area (Å²) < 4.78 is 0. The van der Waals surface area contributed by atoms with Crippen LogP contribution in [0.2, 0.25) is 0 Å². The molecular weight excluding hydrogens is 138 g/mol. The first-order valence-electron chi connectivity index (χ1n) is 3.86. The number of amides is 1. The molecule has 0 rings (SSSR count). The third-order valence-electron chi connectivity index (χ3n) is 1.34. The van der Waals surface area contributed by atoms with Gasteiger partial charge in [-0.3, -0.25) is 4.79 Å². The van der Waals surface area contributed by atoms with Crippen LogP contribution < -0.4 is 5.32 Å². The molecule has 0 atom stereocenters. The van der Waals surface area contributed by atoms with E-state index >= 15 is 0 Å². The van der Waals surface area contributed by atoms with Crippen LogP contribution >= 0.6 is 0 Å². The Hall–Kier alpha value is -0.790. The molecule has 0 spiro atoms. The van der Waals surface area contributed by atoms with E-state index < -0.39 is 0 Å². The zero-order chi connectivity index (χ0) is 8.69. The molecule has 0 fully saturated rings. The van der Waals surface area contributed by atoms with E-state index in [0.29, 0.717) is 0 Å². The fourth-order valence-electron chi connectivity index (χ4n) is 0.726. The maximum absolute atomic E-state index is 10.6. The molecule has 0 aliphatic rings. The van der Waals surface area contributed by atoms with E-state index in [1.54, 1.807) is 0 Å². The topological polar surface area (TPSA) is 29.1 Å². The van der Waals surface area contributed by atoms with Crippen molar-refractivity contribution in [3.8, 4) is 0 Å². The molecule has 0 aliphatic carbocycles. The van der Waals surface area contributed by atoms with Gasteiger partial charge in [0.05, 0.1) is 0 Å². The molecule has 1 N–H and O–H groups in total. The predicted octanol–water partition coefficient (Wildman–Crippen LogP) is 1.68. The molecule has 0 bridgehead atoms. The zero-order valence-corrected chi connectivity index (χ0v) is 7.31. The van der Waals surface area contributed by atoms with Crippen molar-refractivity contribution >= 4 is 5.91 Å².